The summed E-state index contributed by atoms with van der Waals surface area (Å²) in [5.74, 6) is 0.0300. The van der Waals surface area contributed by atoms with Gasteiger partial charge in [-0.2, -0.15) is 0 Å². The van der Waals surface area contributed by atoms with E-state index in [4.69, 9.17) is 4.74 Å². The topological polar surface area (TPSA) is 29.5 Å². The van der Waals surface area contributed by atoms with Crippen molar-refractivity contribution in [1.29, 1.82) is 0 Å². The molecule has 2 aromatic rings. The monoisotopic (exact) mass is 403 g/mol. The van der Waals surface area contributed by atoms with Crippen molar-refractivity contribution in [2.24, 2.45) is 5.92 Å². The van der Waals surface area contributed by atoms with E-state index in [-0.39, 0.29) is 11.9 Å². The van der Waals surface area contributed by atoms with Gasteiger partial charge in [-0.05, 0) is 86.4 Å². The van der Waals surface area contributed by atoms with Crippen LogP contribution in [0.15, 0.2) is 48.5 Å². The van der Waals surface area contributed by atoms with Gasteiger partial charge in [0.1, 0.15) is 0 Å². The van der Waals surface area contributed by atoms with Gasteiger partial charge in [-0.15, -0.1) is 0 Å². The van der Waals surface area contributed by atoms with Gasteiger partial charge < -0.3 is 9.64 Å². The number of hydrogen-bond donors (Lipinski definition) is 0. The second-order valence-corrected chi connectivity index (χ2v) is 8.52. The fourth-order valence-corrected chi connectivity index (χ4v) is 4.90. The van der Waals surface area contributed by atoms with E-state index in [9.17, 15) is 4.79 Å². The lowest BCUT2D eigenvalue weighted by atomic mass is 9.87. The molecule has 30 heavy (non-hydrogen) atoms. The van der Waals surface area contributed by atoms with Crippen molar-refractivity contribution in [3.05, 3.63) is 70.8 Å². The van der Waals surface area contributed by atoms with E-state index in [1.807, 2.05) is 6.92 Å². The molecule has 3 nitrogen and oxygen atoms in total. The highest BCUT2D eigenvalue weighted by molar-refractivity contribution is 5.84. The summed E-state index contributed by atoms with van der Waals surface area (Å²) in [6.07, 6.45) is 8.82. The highest BCUT2D eigenvalue weighted by Gasteiger charge is 2.26. The Labute approximate surface area is 180 Å². The van der Waals surface area contributed by atoms with Crippen molar-refractivity contribution in [3.63, 3.8) is 0 Å². The minimum absolute atomic E-state index is 0.0181. The van der Waals surface area contributed by atoms with Crippen LogP contribution in [0.4, 0.5) is 0 Å². The van der Waals surface area contributed by atoms with E-state index < -0.39 is 0 Å². The maximum absolute atomic E-state index is 12.1. The second kappa shape index (κ2) is 10.1. The Morgan fingerprint density at radius 1 is 1.07 bits per heavy atom. The van der Waals surface area contributed by atoms with Crippen LogP contribution >= 0.6 is 0 Å². The number of esters is 1. The molecule has 1 heterocycles. The maximum atomic E-state index is 12.1. The van der Waals surface area contributed by atoms with Gasteiger partial charge in [0, 0.05) is 6.54 Å². The van der Waals surface area contributed by atoms with E-state index in [1.165, 1.54) is 27.8 Å². The molecular formula is C27H33NO2. The Morgan fingerprint density at radius 3 is 2.70 bits per heavy atom. The molecule has 1 aliphatic carbocycles. The van der Waals surface area contributed by atoms with Gasteiger partial charge in [-0.25, -0.2) is 0 Å². The molecule has 0 bridgehead atoms. The smallest absolute Gasteiger partial charge is 0.310 e. The summed E-state index contributed by atoms with van der Waals surface area (Å²) >= 11 is 0. The third-order valence-electron chi connectivity index (χ3n) is 6.46. The average Bonchev–Trinajstić information content (AvgIpc) is 2.77. The first-order valence-electron chi connectivity index (χ1n) is 11.5. The first-order chi connectivity index (χ1) is 14.7. The fraction of sp³-hybridized carbons (Fsp3) is 0.444. The summed E-state index contributed by atoms with van der Waals surface area (Å²) in [6.45, 7) is 5.34. The molecule has 0 N–H and O–H groups in total. The van der Waals surface area contributed by atoms with Crippen LogP contribution in [0, 0.1) is 5.92 Å². The van der Waals surface area contributed by atoms with Crippen LogP contribution in [-0.4, -0.2) is 37.1 Å². The Bertz CT molecular complexity index is 901. The predicted octanol–water partition coefficient (Wildman–Crippen LogP) is 5.38. The van der Waals surface area contributed by atoms with Gasteiger partial charge in [-0.1, -0.05) is 54.6 Å². The molecule has 1 fully saturated rings. The molecule has 1 atom stereocenters. The van der Waals surface area contributed by atoms with Crippen LogP contribution < -0.4 is 0 Å². The molecule has 0 amide bonds. The number of nitrogens with zero attached hydrogens (tertiary/aromatic N) is 1. The Morgan fingerprint density at radius 2 is 1.83 bits per heavy atom. The number of aryl methyl sites for hydroxylation is 2. The van der Waals surface area contributed by atoms with Crippen molar-refractivity contribution in [2.45, 2.75) is 45.4 Å². The van der Waals surface area contributed by atoms with Gasteiger partial charge in [0.15, 0.2) is 0 Å². The number of likely N-dealkylation sites (tertiary alicyclic amines) is 1. The minimum Gasteiger partial charge on any atom is -0.466 e. The lowest BCUT2D eigenvalue weighted by Crippen LogP contribution is -2.39. The van der Waals surface area contributed by atoms with Crippen molar-refractivity contribution in [2.75, 3.05) is 26.2 Å². The van der Waals surface area contributed by atoms with E-state index in [1.54, 1.807) is 0 Å². The van der Waals surface area contributed by atoms with Gasteiger partial charge in [0.2, 0.25) is 0 Å². The van der Waals surface area contributed by atoms with Gasteiger partial charge in [0.05, 0.1) is 12.5 Å². The molecule has 0 spiro atoms. The summed E-state index contributed by atoms with van der Waals surface area (Å²) in [4.78, 5) is 14.6. The molecule has 2 aromatic carbocycles. The molecular weight excluding hydrogens is 370 g/mol. The number of allylic oxidation sites excluding steroid dienone is 1. The molecule has 0 aromatic heterocycles. The summed E-state index contributed by atoms with van der Waals surface area (Å²) in [7, 11) is 0. The van der Waals surface area contributed by atoms with Crippen LogP contribution in [0.3, 0.4) is 0 Å². The summed E-state index contributed by atoms with van der Waals surface area (Å²) in [5, 5.41) is 0. The van der Waals surface area contributed by atoms with E-state index in [0.717, 1.165) is 58.2 Å². The number of hydrogen-bond acceptors (Lipinski definition) is 3. The van der Waals surface area contributed by atoms with Gasteiger partial charge in [-0.3, -0.25) is 4.79 Å². The molecule has 1 aliphatic heterocycles. The average molecular weight is 404 g/mol. The lowest BCUT2D eigenvalue weighted by molar-refractivity contribution is -0.149. The summed E-state index contributed by atoms with van der Waals surface area (Å²) in [6, 6.07) is 17.7. The Hall–Kier alpha value is -2.39. The quantitative estimate of drug-likeness (QED) is 0.607. The fourth-order valence-electron chi connectivity index (χ4n) is 4.90. The number of ether oxygens (including phenoxy) is 1. The molecule has 4 rings (SSSR count). The number of fused-ring (bicyclic) bond motifs is 2. The standard InChI is InChI=1S/C27H33NO2/c1-2-30-27(29)25-13-8-18-28(20-25)17-7-12-24-19-23-11-4-3-9-21(23)15-16-22-10-5-6-14-26(22)24/h3-6,9-11,14,19,25H,2,7-8,12-13,15-18,20H2,1H3/b24-19-/t25-/m1/s1. The third-order valence-corrected chi connectivity index (χ3v) is 6.46. The van der Waals surface area contributed by atoms with Gasteiger partial charge in [0.25, 0.3) is 0 Å². The third kappa shape index (κ3) is 5.02. The zero-order valence-corrected chi connectivity index (χ0v) is 18.1. The van der Waals surface area contributed by atoms with Crippen molar-refractivity contribution in [3.8, 4) is 0 Å². The number of rotatable bonds is 6. The molecule has 0 radical (unpaired) electrons. The molecule has 1 saturated heterocycles. The van der Waals surface area contributed by atoms with E-state index in [2.05, 4.69) is 59.5 Å². The zero-order chi connectivity index (χ0) is 20.8. The number of carbonyl (C=O) groups excluding carboxylic acids is 1. The number of piperidine rings is 1. The molecule has 158 valence electrons. The molecule has 0 saturated carbocycles. The van der Waals surface area contributed by atoms with Gasteiger partial charge >= 0.3 is 5.97 Å². The van der Waals surface area contributed by atoms with Crippen LogP contribution in [0.5, 0.6) is 0 Å². The summed E-state index contributed by atoms with van der Waals surface area (Å²) in [5.41, 5.74) is 7.12. The lowest BCUT2D eigenvalue weighted by Gasteiger charge is -2.31. The second-order valence-electron chi connectivity index (χ2n) is 8.52. The maximum Gasteiger partial charge on any atom is 0.310 e. The number of carbonyl (C=O) groups is 1. The van der Waals surface area contributed by atoms with Crippen LogP contribution in [0.2, 0.25) is 0 Å². The minimum atomic E-state index is -0.0181. The summed E-state index contributed by atoms with van der Waals surface area (Å²) < 4.78 is 5.25. The number of benzene rings is 2. The van der Waals surface area contributed by atoms with Crippen molar-refractivity contribution < 1.29 is 9.53 Å². The van der Waals surface area contributed by atoms with E-state index >= 15 is 0 Å². The van der Waals surface area contributed by atoms with Crippen molar-refractivity contribution >= 4 is 17.6 Å². The van der Waals surface area contributed by atoms with E-state index in [0.29, 0.717) is 6.61 Å². The predicted molar refractivity (Wildman–Crippen MR) is 123 cm³/mol. The Balaban J connectivity index is 1.45. The zero-order valence-electron chi connectivity index (χ0n) is 18.1. The largest absolute Gasteiger partial charge is 0.466 e. The first kappa shape index (κ1) is 20.9. The van der Waals surface area contributed by atoms with Crippen LogP contribution in [-0.2, 0) is 22.4 Å². The highest BCUT2D eigenvalue weighted by Crippen LogP contribution is 2.31. The van der Waals surface area contributed by atoms with Crippen molar-refractivity contribution in [1.82, 2.24) is 4.90 Å². The highest BCUT2D eigenvalue weighted by atomic mass is 16.5. The Kier molecular flexibility index (Phi) is 7.01. The normalized spacial score (nSPS) is 20.8. The SMILES string of the molecule is CCOC(=O)[C@@H]1CCCN(CCC/C2=C/c3ccccc3CCc3ccccc32)C1. The van der Waals surface area contributed by atoms with Crippen LogP contribution in [0.1, 0.15) is 54.9 Å². The van der Waals surface area contributed by atoms with Crippen LogP contribution in [0.25, 0.3) is 11.6 Å². The molecule has 0 unspecified atom stereocenters. The molecule has 3 heteroatoms. The molecule has 2 aliphatic rings. The first-order valence-corrected chi connectivity index (χ1v) is 11.5.